The molecule has 0 fully saturated rings. The van der Waals surface area contributed by atoms with Crippen molar-refractivity contribution in [1.82, 2.24) is 0 Å². The van der Waals surface area contributed by atoms with Crippen LogP contribution in [-0.2, 0) is 5.41 Å². The Labute approximate surface area is 312 Å². The highest BCUT2D eigenvalue weighted by Gasteiger charge is 2.48. The molecule has 0 bridgehead atoms. The lowest BCUT2D eigenvalue weighted by molar-refractivity contribution is 0.336. The van der Waals surface area contributed by atoms with Crippen molar-refractivity contribution in [3.05, 3.63) is 208 Å². The zero-order valence-electron chi connectivity index (χ0n) is 31.1. The molecule has 4 atom stereocenters. The van der Waals surface area contributed by atoms with Gasteiger partial charge in [-0.15, -0.1) is 0 Å². The third-order valence-corrected chi connectivity index (χ3v) is 12.4. The predicted molar refractivity (Wildman–Crippen MR) is 222 cm³/mol. The SMILES string of the molecule is CCCC(c1cc(-c2ccccc2)cc(C2C=CC=CC2)c1)[C@@H](CC)C(C)c1ccc2c(c1)C(c1ccccc1)(c1ccccc1)C1=CCCC=C12. The van der Waals surface area contributed by atoms with Gasteiger partial charge in [0.15, 0.2) is 0 Å². The van der Waals surface area contributed by atoms with Crippen LogP contribution in [0, 0.1) is 5.92 Å². The summed E-state index contributed by atoms with van der Waals surface area (Å²) in [5, 5.41) is 0. The van der Waals surface area contributed by atoms with Crippen LogP contribution >= 0.6 is 0 Å². The largest absolute Gasteiger partial charge is 0.0836 e. The van der Waals surface area contributed by atoms with E-state index in [9.17, 15) is 0 Å². The Morgan fingerprint density at radius 2 is 1.37 bits per heavy atom. The molecule has 260 valence electrons. The fraction of sp³-hybridized carbons (Fsp3) is 0.269. The van der Waals surface area contributed by atoms with E-state index in [0.29, 0.717) is 23.7 Å². The van der Waals surface area contributed by atoms with E-state index in [-0.39, 0.29) is 5.41 Å². The maximum atomic E-state index is 2.62. The molecule has 0 radical (unpaired) electrons. The Kier molecular flexibility index (Phi) is 9.83. The van der Waals surface area contributed by atoms with Crippen LogP contribution in [0.4, 0.5) is 0 Å². The van der Waals surface area contributed by atoms with Gasteiger partial charge in [0.05, 0.1) is 5.41 Å². The predicted octanol–water partition coefficient (Wildman–Crippen LogP) is 14.1. The number of hydrogen-bond donors (Lipinski definition) is 0. The molecule has 0 saturated heterocycles. The summed E-state index contributed by atoms with van der Waals surface area (Å²) in [5.74, 6) is 1.77. The minimum Gasteiger partial charge on any atom is -0.0836 e. The van der Waals surface area contributed by atoms with Crippen molar-refractivity contribution in [3.8, 4) is 11.1 Å². The molecular weight excluding hydrogens is 625 g/mol. The molecule has 0 spiro atoms. The summed E-state index contributed by atoms with van der Waals surface area (Å²) < 4.78 is 0. The number of fused-ring (bicyclic) bond motifs is 3. The van der Waals surface area contributed by atoms with Crippen LogP contribution in [0.3, 0.4) is 0 Å². The lowest BCUT2D eigenvalue weighted by Gasteiger charge is -2.36. The molecule has 3 aliphatic rings. The molecule has 5 aromatic carbocycles. The minimum absolute atomic E-state index is 0.328. The fourth-order valence-corrected chi connectivity index (χ4v) is 9.89. The maximum absolute atomic E-state index is 2.62. The van der Waals surface area contributed by atoms with Gasteiger partial charge in [0.2, 0.25) is 0 Å². The monoisotopic (exact) mass is 676 g/mol. The molecule has 5 aromatic rings. The van der Waals surface area contributed by atoms with Gasteiger partial charge in [-0.1, -0.05) is 197 Å². The molecule has 3 unspecified atom stereocenters. The molecule has 0 heteroatoms. The molecule has 0 N–H and O–H groups in total. The van der Waals surface area contributed by atoms with E-state index in [4.69, 9.17) is 0 Å². The Balaban J connectivity index is 1.25. The van der Waals surface area contributed by atoms with Gasteiger partial charge in [-0.2, -0.15) is 0 Å². The maximum Gasteiger partial charge on any atom is 0.0710 e. The highest BCUT2D eigenvalue weighted by molar-refractivity contribution is 5.94. The van der Waals surface area contributed by atoms with Crippen molar-refractivity contribution in [3.63, 3.8) is 0 Å². The Morgan fingerprint density at radius 3 is 2.02 bits per heavy atom. The molecule has 3 aliphatic carbocycles. The van der Waals surface area contributed by atoms with Gasteiger partial charge in [0.25, 0.3) is 0 Å². The van der Waals surface area contributed by atoms with Crippen molar-refractivity contribution in [2.24, 2.45) is 5.92 Å². The summed E-state index contributed by atoms with van der Waals surface area (Å²) in [6, 6.07) is 48.7. The van der Waals surface area contributed by atoms with Crippen LogP contribution in [0.15, 0.2) is 169 Å². The summed E-state index contributed by atoms with van der Waals surface area (Å²) in [6.07, 6.45) is 20.9. The summed E-state index contributed by atoms with van der Waals surface area (Å²) in [6.45, 7) is 7.31. The van der Waals surface area contributed by atoms with E-state index in [1.807, 2.05) is 0 Å². The third kappa shape index (κ3) is 6.07. The van der Waals surface area contributed by atoms with Crippen molar-refractivity contribution in [1.29, 1.82) is 0 Å². The third-order valence-electron chi connectivity index (χ3n) is 12.4. The van der Waals surface area contributed by atoms with Crippen molar-refractivity contribution >= 4 is 5.57 Å². The minimum atomic E-state index is -0.328. The molecule has 52 heavy (non-hydrogen) atoms. The summed E-state index contributed by atoms with van der Waals surface area (Å²) in [5.41, 5.74) is 15.2. The van der Waals surface area contributed by atoms with Gasteiger partial charge in [-0.25, -0.2) is 0 Å². The van der Waals surface area contributed by atoms with Gasteiger partial charge in [-0.05, 0) is 105 Å². The van der Waals surface area contributed by atoms with Crippen LogP contribution < -0.4 is 0 Å². The van der Waals surface area contributed by atoms with Crippen LogP contribution in [0.5, 0.6) is 0 Å². The highest BCUT2D eigenvalue weighted by atomic mass is 14.5. The fourth-order valence-electron chi connectivity index (χ4n) is 9.89. The van der Waals surface area contributed by atoms with Gasteiger partial charge in [0.1, 0.15) is 0 Å². The Bertz CT molecular complexity index is 2090. The molecule has 0 nitrogen and oxygen atoms in total. The van der Waals surface area contributed by atoms with E-state index >= 15 is 0 Å². The van der Waals surface area contributed by atoms with E-state index in [2.05, 4.69) is 185 Å². The van der Waals surface area contributed by atoms with Gasteiger partial charge in [0, 0.05) is 5.92 Å². The lowest BCUT2D eigenvalue weighted by Crippen LogP contribution is -2.29. The van der Waals surface area contributed by atoms with Crippen LogP contribution in [0.2, 0.25) is 0 Å². The number of allylic oxidation sites excluding steroid dienone is 8. The summed E-state index contributed by atoms with van der Waals surface area (Å²) >= 11 is 0. The zero-order chi connectivity index (χ0) is 35.5. The van der Waals surface area contributed by atoms with E-state index in [1.165, 1.54) is 74.1 Å². The molecular formula is C52H52. The molecule has 0 saturated carbocycles. The molecule has 0 aromatic heterocycles. The van der Waals surface area contributed by atoms with E-state index in [0.717, 1.165) is 25.7 Å². The second kappa shape index (κ2) is 15.0. The van der Waals surface area contributed by atoms with E-state index < -0.39 is 0 Å². The van der Waals surface area contributed by atoms with Crippen LogP contribution in [0.25, 0.3) is 16.7 Å². The first-order valence-electron chi connectivity index (χ1n) is 19.8. The zero-order valence-corrected chi connectivity index (χ0v) is 31.1. The second-order valence-electron chi connectivity index (χ2n) is 15.3. The first-order valence-corrected chi connectivity index (χ1v) is 19.8. The lowest BCUT2D eigenvalue weighted by atomic mass is 9.66. The van der Waals surface area contributed by atoms with E-state index in [1.54, 1.807) is 0 Å². The molecule has 0 aliphatic heterocycles. The standard InChI is InChI=1S/C52H52/c1-4-20-47(43-34-41(38-21-10-6-11-22-38)33-42(35-43)39-23-12-7-13-24-39)46(5-2)37(3)40-31-32-49-48-29-18-19-30-50(48)52(51(49)36-40,44-25-14-8-15-26-44)45-27-16-9-17-28-45/h6-17,21-23,25-37,39,46-47H,4-5,18-20,24H2,1-3H3/t37?,39?,46-,47?/m0/s1. The normalized spacial score (nSPS) is 18.9. The van der Waals surface area contributed by atoms with Crippen LogP contribution in [0.1, 0.15) is 116 Å². The van der Waals surface area contributed by atoms with Crippen molar-refractivity contribution in [2.45, 2.75) is 82.5 Å². The quantitative estimate of drug-likeness (QED) is 0.131. The van der Waals surface area contributed by atoms with Crippen LogP contribution in [-0.4, -0.2) is 0 Å². The summed E-state index contributed by atoms with van der Waals surface area (Å²) in [7, 11) is 0. The first kappa shape index (κ1) is 34.2. The molecule has 8 rings (SSSR count). The van der Waals surface area contributed by atoms with Crippen molar-refractivity contribution in [2.75, 3.05) is 0 Å². The molecule has 0 heterocycles. The first-order chi connectivity index (χ1) is 25.6. The Hall–Kier alpha value is -4.94. The number of benzene rings is 5. The number of rotatable bonds is 11. The van der Waals surface area contributed by atoms with Gasteiger partial charge in [-0.3, -0.25) is 0 Å². The average Bonchev–Trinajstić information content (AvgIpc) is 3.52. The second-order valence-corrected chi connectivity index (χ2v) is 15.3. The average molecular weight is 677 g/mol. The summed E-state index contributed by atoms with van der Waals surface area (Å²) in [4.78, 5) is 0. The van der Waals surface area contributed by atoms with Gasteiger partial charge < -0.3 is 0 Å². The number of hydrogen-bond acceptors (Lipinski definition) is 0. The highest BCUT2D eigenvalue weighted by Crippen LogP contribution is 2.59. The Morgan fingerprint density at radius 1 is 0.673 bits per heavy atom. The molecule has 0 amide bonds. The van der Waals surface area contributed by atoms with Gasteiger partial charge >= 0.3 is 0 Å². The van der Waals surface area contributed by atoms with Crippen molar-refractivity contribution < 1.29 is 0 Å². The topological polar surface area (TPSA) is 0 Å². The smallest absolute Gasteiger partial charge is 0.0710 e.